The van der Waals surface area contributed by atoms with Crippen molar-refractivity contribution in [2.45, 2.75) is 25.8 Å². The quantitative estimate of drug-likeness (QED) is 0.610. The first-order chi connectivity index (χ1) is 12.6. The van der Waals surface area contributed by atoms with Gasteiger partial charge < -0.3 is 10.3 Å². The second-order valence-corrected chi connectivity index (χ2v) is 6.83. The second-order valence-electron chi connectivity index (χ2n) is 5.99. The number of imidazole rings is 1. The minimum atomic E-state index is -0.189. The molecule has 3 rings (SSSR count). The van der Waals surface area contributed by atoms with Crippen molar-refractivity contribution < 1.29 is 4.79 Å². The normalized spacial score (nSPS) is 12.0. The van der Waals surface area contributed by atoms with Crippen molar-refractivity contribution in [2.75, 3.05) is 0 Å². The maximum atomic E-state index is 12.4. The van der Waals surface area contributed by atoms with Crippen molar-refractivity contribution in [3.05, 3.63) is 76.2 Å². The Bertz CT molecular complexity index is 893. The molecule has 134 valence electrons. The van der Waals surface area contributed by atoms with E-state index in [-0.39, 0.29) is 18.4 Å². The van der Waals surface area contributed by atoms with Crippen LogP contribution in [0.1, 0.15) is 30.8 Å². The van der Waals surface area contributed by atoms with Crippen LogP contribution in [0, 0.1) is 0 Å². The Morgan fingerprint density at radius 3 is 2.65 bits per heavy atom. The van der Waals surface area contributed by atoms with E-state index in [1.807, 2.05) is 37.3 Å². The number of halogens is 2. The molecule has 1 aromatic heterocycles. The summed E-state index contributed by atoms with van der Waals surface area (Å²) in [4.78, 5) is 20.2. The number of aromatic nitrogens is 2. The lowest BCUT2D eigenvalue weighted by Crippen LogP contribution is -2.30. The Balaban J connectivity index is 1.69. The molecule has 2 aromatic carbocycles. The highest BCUT2D eigenvalue weighted by Gasteiger charge is 2.17. The molecule has 26 heavy (non-hydrogen) atoms. The number of hydrogen-bond donors (Lipinski definition) is 2. The third-order valence-electron chi connectivity index (χ3n) is 4.12. The monoisotopic (exact) mass is 387 g/mol. The van der Waals surface area contributed by atoms with E-state index < -0.39 is 0 Å². The van der Waals surface area contributed by atoms with Crippen molar-refractivity contribution >= 4 is 29.1 Å². The molecule has 0 radical (unpaired) electrons. The minimum absolute atomic E-state index is 0.112. The third kappa shape index (κ3) is 4.45. The topological polar surface area (TPSA) is 57.8 Å². The molecule has 0 aliphatic heterocycles. The van der Waals surface area contributed by atoms with Crippen LogP contribution in [-0.2, 0) is 11.2 Å². The molecule has 6 heteroatoms. The maximum Gasteiger partial charge on any atom is 0.225 e. The smallest absolute Gasteiger partial charge is 0.225 e. The Kier molecular flexibility index (Phi) is 5.96. The number of benzene rings is 2. The Morgan fingerprint density at radius 2 is 1.96 bits per heavy atom. The van der Waals surface area contributed by atoms with E-state index in [2.05, 4.69) is 15.3 Å². The summed E-state index contributed by atoms with van der Waals surface area (Å²) < 4.78 is 0. The van der Waals surface area contributed by atoms with Gasteiger partial charge in [-0.2, -0.15) is 0 Å². The lowest BCUT2D eigenvalue weighted by Gasteiger charge is -2.15. The summed E-state index contributed by atoms with van der Waals surface area (Å²) in [6.07, 6.45) is 2.70. The average Bonchev–Trinajstić information content (AvgIpc) is 3.13. The van der Waals surface area contributed by atoms with Gasteiger partial charge in [-0.05, 0) is 29.7 Å². The van der Waals surface area contributed by atoms with Crippen LogP contribution >= 0.6 is 23.2 Å². The number of hydrogen-bond acceptors (Lipinski definition) is 2. The fraction of sp³-hybridized carbons (Fsp3) is 0.200. The number of nitrogens with one attached hydrogen (secondary N) is 2. The molecule has 1 amide bonds. The highest BCUT2D eigenvalue weighted by molar-refractivity contribution is 6.35. The minimum Gasteiger partial charge on any atom is -0.346 e. The molecular formula is C20H19Cl2N3O. The molecule has 2 N–H and O–H groups in total. The van der Waals surface area contributed by atoms with E-state index in [9.17, 15) is 4.79 Å². The Labute approximate surface area is 162 Å². The first-order valence-electron chi connectivity index (χ1n) is 8.40. The SMILES string of the molecule is CCC(NC(=O)Cc1ccc(Cl)cc1Cl)c1ncc(-c2ccccc2)[nH]1. The number of rotatable bonds is 6. The number of aromatic amines is 1. The average molecular weight is 388 g/mol. The zero-order valence-electron chi connectivity index (χ0n) is 14.3. The summed E-state index contributed by atoms with van der Waals surface area (Å²) in [6, 6.07) is 14.9. The van der Waals surface area contributed by atoms with Gasteiger partial charge in [-0.1, -0.05) is 66.5 Å². The molecule has 1 heterocycles. The summed E-state index contributed by atoms with van der Waals surface area (Å²) in [6.45, 7) is 2.00. The summed E-state index contributed by atoms with van der Waals surface area (Å²) in [5, 5.41) is 4.06. The molecule has 1 atom stereocenters. The summed E-state index contributed by atoms with van der Waals surface area (Å²) in [5.41, 5.74) is 2.72. The van der Waals surface area contributed by atoms with Crippen LogP contribution in [0.4, 0.5) is 0 Å². The first kappa shape index (κ1) is 18.5. The Morgan fingerprint density at radius 1 is 1.19 bits per heavy atom. The van der Waals surface area contributed by atoms with Crippen LogP contribution in [0.3, 0.4) is 0 Å². The van der Waals surface area contributed by atoms with Crippen molar-refractivity contribution in [1.82, 2.24) is 15.3 Å². The second kappa shape index (κ2) is 8.39. The predicted molar refractivity (Wildman–Crippen MR) is 105 cm³/mol. The van der Waals surface area contributed by atoms with Crippen molar-refractivity contribution in [2.24, 2.45) is 0 Å². The zero-order valence-corrected chi connectivity index (χ0v) is 15.8. The summed E-state index contributed by atoms with van der Waals surface area (Å²) in [7, 11) is 0. The van der Waals surface area contributed by atoms with E-state index in [1.165, 1.54) is 0 Å². The lowest BCUT2D eigenvalue weighted by molar-refractivity contribution is -0.121. The van der Waals surface area contributed by atoms with Gasteiger partial charge >= 0.3 is 0 Å². The van der Waals surface area contributed by atoms with E-state index in [0.717, 1.165) is 29.1 Å². The van der Waals surface area contributed by atoms with Gasteiger partial charge in [-0.3, -0.25) is 4.79 Å². The molecule has 0 spiro atoms. The highest BCUT2D eigenvalue weighted by Crippen LogP contribution is 2.23. The third-order valence-corrected chi connectivity index (χ3v) is 4.71. The molecule has 3 aromatic rings. The van der Waals surface area contributed by atoms with E-state index >= 15 is 0 Å². The van der Waals surface area contributed by atoms with Gasteiger partial charge in [-0.15, -0.1) is 0 Å². The van der Waals surface area contributed by atoms with Crippen LogP contribution in [0.2, 0.25) is 10.0 Å². The number of carbonyl (C=O) groups is 1. The summed E-state index contributed by atoms with van der Waals surface area (Å²) in [5.74, 6) is 0.626. The lowest BCUT2D eigenvalue weighted by atomic mass is 10.1. The van der Waals surface area contributed by atoms with Gasteiger partial charge in [0.2, 0.25) is 5.91 Å². The van der Waals surface area contributed by atoms with Crippen LogP contribution < -0.4 is 5.32 Å². The van der Waals surface area contributed by atoms with Gasteiger partial charge in [0.15, 0.2) is 0 Å². The number of nitrogens with zero attached hydrogens (tertiary/aromatic N) is 1. The largest absolute Gasteiger partial charge is 0.346 e. The molecule has 0 aliphatic rings. The van der Waals surface area contributed by atoms with E-state index in [1.54, 1.807) is 24.4 Å². The van der Waals surface area contributed by atoms with Crippen LogP contribution in [0.15, 0.2) is 54.7 Å². The maximum absolute atomic E-state index is 12.4. The molecule has 0 bridgehead atoms. The van der Waals surface area contributed by atoms with Crippen LogP contribution in [0.5, 0.6) is 0 Å². The zero-order chi connectivity index (χ0) is 18.5. The fourth-order valence-corrected chi connectivity index (χ4v) is 3.20. The number of amides is 1. The first-order valence-corrected chi connectivity index (χ1v) is 9.16. The van der Waals surface area contributed by atoms with E-state index in [4.69, 9.17) is 23.2 Å². The molecule has 4 nitrogen and oxygen atoms in total. The van der Waals surface area contributed by atoms with Crippen LogP contribution in [0.25, 0.3) is 11.3 Å². The molecule has 0 saturated heterocycles. The fourth-order valence-electron chi connectivity index (χ4n) is 2.73. The van der Waals surface area contributed by atoms with E-state index in [0.29, 0.717) is 10.0 Å². The highest BCUT2D eigenvalue weighted by atomic mass is 35.5. The number of carbonyl (C=O) groups excluding carboxylic acids is 1. The molecular weight excluding hydrogens is 369 g/mol. The van der Waals surface area contributed by atoms with Crippen molar-refractivity contribution in [3.63, 3.8) is 0 Å². The summed E-state index contributed by atoms with van der Waals surface area (Å²) >= 11 is 12.0. The van der Waals surface area contributed by atoms with Crippen molar-refractivity contribution in [3.8, 4) is 11.3 Å². The van der Waals surface area contributed by atoms with Gasteiger partial charge in [0.1, 0.15) is 5.82 Å². The van der Waals surface area contributed by atoms with Gasteiger partial charge in [0, 0.05) is 10.0 Å². The van der Waals surface area contributed by atoms with Crippen molar-refractivity contribution in [1.29, 1.82) is 0 Å². The molecule has 0 aliphatic carbocycles. The number of H-pyrrole nitrogens is 1. The van der Waals surface area contributed by atoms with Gasteiger partial charge in [0.25, 0.3) is 0 Å². The predicted octanol–water partition coefficient (Wildman–Crippen LogP) is 5.19. The van der Waals surface area contributed by atoms with Gasteiger partial charge in [0.05, 0.1) is 24.4 Å². The van der Waals surface area contributed by atoms with Crippen LogP contribution in [-0.4, -0.2) is 15.9 Å². The Hall–Kier alpha value is -2.30. The molecule has 1 unspecified atom stereocenters. The van der Waals surface area contributed by atoms with Gasteiger partial charge in [-0.25, -0.2) is 4.98 Å². The standard InChI is InChI=1S/C20H19Cl2N3O/c1-2-17(20-23-12-18(25-20)13-6-4-3-5-7-13)24-19(26)10-14-8-9-15(21)11-16(14)22/h3-9,11-12,17H,2,10H2,1H3,(H,23,25)(H,24,26). The molecule has 0 fully saturated rings. The molecule has 0 saturated carbocycles.